The van der Waals surface area contributed by atoms with E-state index < -0.39 is 28.5 Å². The van der Waals surface area contributed by atoms with Crippen LogP contribution in [-0.4, -0.2) is 44.3 Å². The van der Waals surface area contributed by atoms with Gasteiger partial charge in [-0.3, -0.25) is 13.9 Å². The minimum atomic E-state index is -4.17. The molecule has 0 saturated heterocycles. The number of sulfonamides is 1. The summed E-state index contributed by atoms with van der Waals surface area (Å²) in [5.74, 6) is -0.803. The van der Waals surface area contributed by atoms with Crippen LogP contribution in [0.1, 0.15) is 48.9 Å². The van der Waals surface area contributed by atoms with Crippen LogP contribution in [0, 0.1) is 6.92 Å². The molecule has 242 valence electrons. The first-order valence-electron chi connectivity index (χ1n) is 15.7. The zero-order chi connectivity index (χ0) is 33.1. The van der Waals surface area contributed by atoms with E-state index in [0.29, 0.717) is 23.7 Å². The van der Waals surface area contributed by atoms with Gasteiger partial charge in [-0.05, 0) is 66.8 Å². The zero-order valence-electron chi connectivity index (χ0n) is 26.7. The van der Waals surface area contributed by atoms with Crippen molar-refractivity contribution in [2.45, 2.75) is 63.9 Å². The van der Waals surface area contributed by atoms with Gasteiger partial charge in [0.15, 0.2) is 0 Å². The minimum Gasteiger partial charge on any atom is -0.354 e. The van der Waals surface area contributed by atoms with Gasteiger partial charge < -0.3 is 10.2 Å². The maximum Gasteiger partial charge on any atom is 0.264 e. The topological polar surface area (TPSA) is 86.8 Å². The second-order valence-electron chi connectivity index (χ2n) is 11.3. The fourth-order valence-electron chi connectivity index (χ4n) is 5.30. The lowest BCUT2D eigenvalue weighted by Crippen LogP contribution is -2.53. The number of benzene rings is 4. The Labute approximate surface area is 278 Å². The van der Waals surface area contributed by atoms with Gasteiger partial charge in [0, 0.05) is 24.5 Å². The summed E-state index contributed by atoms with van der Waals surface area (Å²) in [6, 6.07) is 29.5. The van der Waals surface area contributed by atoms with Gasteiger partial charge in [-0.25, -0.2) is 8.42 Å². The highest BCUT2D eigenvalue weighted by Gasteiger charge is 2.35. The Bertz CT molecular complexity index is 1710. The number of carbonyl (C=O) groups is 2. The molecule has 0 aliphatic rings. The van der Waals surface area contributed by atoms with Crippen LogP contribution in [0.25, 0.3) is 0 Å². The lowest BCUT2D eigenvalue weighted by atomic mass is 10.0. The van der Waals surface area contributed by atoms with Gasteiger partial charge in [0.05, 0.1) is 10.6 Å². The van der Waals surface area contributed by atoms with Crippen molar-refractivity contribution in [2.75, 3.05) is 17.4 Å². The molecule has 0 heterocycles. The summed E-state index contributed by atoms with van der Waals surface area (Å²) in [5, 5.41) is 3.51. The molecule has 4 aromatic carbocycles. The number of nitrogens with one attached hydrogen (secondary N) is 1. The van der Waals surface area contributed by atoms with Crippen LogP contribution >= 0.6 is 11.6 Å². The van der Waals surface area contributed by atoms with Crippen molar-refractivity contribution >= 4 is 39.1 Å². The van der Waals surface area contributed by atoms with E-state index in [0.717, 1.165) is 35.1 Å². The number of hydrogen-bond acceptors (Lipinski definition) is 4. The molecule has 46 heavy (non-hydrogen) atoms. The summed E-state index contributed by atoms with van der Waals surface area (Å²) in [7, 11) is -4.17. The Hall–Kier alpha value is -4.14. The molecule has 0 saturated carbocycles. The van der Waals surface area contributed by atoms with E-state index in [4.69, 9.17) is 11.6 Å². The predicted octanol–water partition coefficient (Wildman–Crippen LogP) is 6.96. The number of nitrogens with zero attached hydrogens (tertiary/aromatic N) is 2. The molecule has 2 amide bonds. The van der Waals surface area contributed by atoms with Gasteiger partial charge in [-0.2, -0.15) is 0 Å². The van der Waals surface area contributed by atoms with Crippen molar-refractivity contribution in [1.29, 1.82) is 0 Å². The average molecular weight is 660 g/mol. The molecule has 0 unspecified atom stereocenters. The molecule has 0 aromatic heterocycles. The average Bonchev–Trinajstić information content (AvgIpc) is 3.05. The standard InChI is InChI=1S/C37H42ClN3O4S/c1-4-6-23-39-37(43)35(25-29-13-8-7-9-14-29)40(26-30-15-12-17-32(38)24-30)36(42)27-41(34-18-11-10-16-31(34)5-2)46(44,45)33-21-19-28(3)20-22-33/h7-22,24,35H,4-6,23,25-27H2,1-3H3,(H,39,43)/t35-/m1/s1. The van der Waals surface area contributed by atoms with Crippen LogP contribution in [0.15, 0.2) is 108 Å². The molecule has 0 radical (unpaired) electrons. The molecule has 0 fully saturated rings. The molecule has 7 nitrogen and oxygen atoms in total. The van der Waals surface area contributed by atoms with Crippen LogP contribution < -0.4 is 9.62 Å². The molecule has 1 atom stereocenters. The van der Waals surface area contributed by atoms with Crippen molar-refractivity contribution in [3.8, 4) is 0 Å². The third-order valence-electron chi connectivity index (χ3n) is 7.87. The van der Waals surface area contributed by atoms with Gasteiger partial charge in [0.2, 0.25) is 11.8 Å². The molecule has 0 spiro atoms. The fraction of sp³-hybridized carbons (Fsp3) is 0.297. The van der Waals surface area contributed by atoms with Crippen LogP contribution in [0.5, 0.6) is 0 Å². The number of amides is 2. The normalized spacial score (nSPS) is 11.9. The van der Waals surface area contributed by atoms with Gasteiger partial charge in [0.1, 0.15) is 12.6 Å². The van der Waals surface area contributed by atoms with Crippen molar-refractivity contribution in [3.05, 3.63) is 130 Å². The van der Waals surface area contributed by atoms with Crippen molar-refractivity contribution in [3.63, 3.8) is 0 Å². The molecule has 9 heteroatoms. The number of anilines is 1. The molecule has 0 aliphatic heterocycles. The Morgan fingerprint density at radius 3 is 2.20 bits per heavy atom. The largest absolute Gasteiger partial charge is 0.354 e. The lowest BCUT2D eigenvalue weighted by Gasteiger charge is -2.34. The minimum absolute atomic E-state index is 0.0614. The highest BCUT2D eigenvalue weighted by molar-refractivity contribution is 7.92. The van der Waals surface area contributed by atoms with E-state index in [2.05, 4.69) is 5.32 Å². The third-order valence-corrected chi connectivity index (χ3v) is 9.88. The summed E-state index contributed by atoms with van der Waals surface area (Å²) in [4.78, 5) is 30.1. The molecule has 0 aliphatic carbocycles. The first-order chi connectivity index (χ1) is 22.1. The van der Waals surface area contributed by atoms with Crippen LogP contribution in [0.2, 0.25) is 5.02 Å². The number of aryl methyl sites for hydroxylation is 2. The van der Waals surface area contributed by atoms with Crippen LogP contribution in [-0.2, 0) is 39.0 Å². The lowest BCUT2D eigenvalue weighted by molar-refractivity contribution is -0.140. The monoisotopic (exact) mass is 659 g/mol. The third kappa shape index (κ3) is 8.98. The second-order valence-corrected chi connectivity index (χ2v) is 13.6. The van der Waals surface area contributed by atoms with E-state index in [1.165, 1.54) is 9.21 Å². The maximum absolute atomic E-state index is 14.6. The quantitative estimate of drug-likeness (QED) is 0.140. The Morgan fingerprint density at radius 1 is 0.848 bits per heavy atom. The van der Waals surface area contributed by atoms with E-state index in [1.807, 2.05) is 69.3 Å². The van der Waals surface area contributed by atoms with Crippen molar-refractivity contribution < 1.29 is 18.0 Å². The number of para-hydroxylation sites is 1. The highest BCUT2D eigenvalue weighted by atomic mass is 35.5. The molecular formula is C37H42ClN3O4S. The summed E-state index contributed by atoms with van der Waals surface area (Å²) >= 11 is 6.33. The number of rotatable bonds is 15. The maximum atomic E-state index is 14.6. The molecule has 0 bridgehead atoms. The molecule has 4 rings (SSSR count). The van der Waals surface area contributed by atoms with Gasteiger partial charge >= 0.3 is 0 Å². The van der Waals surface area contributed by atoms with Crippen molar-refractivity contribution in [2.24, 2.45) is 0 Å². The number of hydrogen-bond donors (Lipinski definition) is 1. The van der Waals surface area contributed by atoms with Gasteiger partial charge in [-0.1, -0.05) is 110 Å². The summed E-state index contributed by atoms with van der Waals surface area (Å²) in [5.41, 5.74) is 3.73. The SMILES string of the molecule is CCCCNC(=O)[C@@H](Cc1ccccc1)N(Cc1cccc(Cl)c1)C(=O)CN(c1ccccc1CC)S(=O)(=O)c1ccc(C)cc1. The van der Waals surface area contributed by atoms with Gasteiger partial charge in [-0.15, -0.1) is 0 Å². The molecular weight excluding hydrogens is 618 g/mol. The Kier molecular flexibility index (Phi) is 12.4. The summed E-state index contributed by atoms with van der Waals surface area (Å²) < 4.78 is 29.8. The van der Waals surface area contributed by atoms with E-state index in [-0.39, 0.29) is 23.8 Å². The molecule has 4 aromatic rings. The van der Waals surface area contributed by atoms with Crippen molar-refractivity contribution in [1.82, 2.24) is 10.2 Å². The summed E-state index contributed by atoms with van der Waals surface area (Å²) in [6.07, 6.45) is 2.51. The van der Waals surface area contributed by atoms with Crippen LogP contribution in [0.3, 0.4) is 0 Å². The zero-order valence-corrected chi connectivity index (χ0v) is 28.2. The summed E-state index contributed by atoms with van der Waals surface area (Å²) in [6.45, 7) is 5.90. The van der Waals surface area contributed by atoms with E-state index in [9.17, 15) is 18.0 Å². The first-order valence-corrected chi connectivity index (χ1v) is 17.5. The van der Waals surface area contributed by atoms with Crippen LogP contribution in [0.4, 0.5) is 5.69 Å². The first kappa shape index (κ1) is 34.7. The molecule has 1 N–H and O–H groups in total. The van der Waals surface area contributed by atoms with Gasteiger partial charge in [0.25, 0.3) is 10.0 Å². The van der Waals surface area contributed by atoms with E-state index in [1.54, 1.807) is 54.6 Å². The number of halogens is 1. The fourth-order valence-corrected chi connectivity index (χ4v) is 6.96. The Morgan fingerprint density at radius 2 is 1.52 bits per heavy atom. The number of unbranched alkanes of at least 4 members (excludes halogenated alkanes) is 1. The predicted molar refractivity (Wildman–Crippen MR) is 185 cm³/mol. The highest BCUT2D eigenvalue weighted by Crippen LogP contribution is 2.29. The Balaban J connectivity index is 1.82. The van der Waals surface area contributed by atoms with E-state index >= 15 is 0 Å². The number of carbonyl (C=O) groups excluding carboxylic acids is 2. The second kappa shape index (κ2) is 16.4. The smallest absolute Gasteiger partial charge is 0.264 e.